The fourth-order valence-electron chi connectivity index (χ4n) is 3.29. The minimum absolute atomic E-state index is 0.0106. The lowest BCUT2D eigenvalue weighted by atomic mass is 10.1. The molecule has 0 spiro atoms. The van der Waals surface area contributed by atoms with Gasteiger partial charge in [0.1, 0.15) is 0 Å². The Morgan fingerprint density at radius 1 is 0.935 bits per heavy atom. The Hall–Kier alpha value is -3.56. The van der Waals surface area contributed by atoms with Gasteiger partial charge >= 0.3 is 0 Å². The lowest BCUT2D eigenvalue weighted by Crippen LogP contribution is -2.42. The van der Waals surface area contributed by atoms with E-state index in [0.29, 0.717) is 10.8 Å². The predicted octanol–water partition coefficient (Wildman–Crippen LogP) is 2.75. The summed E-state index contributed by atoms with van der Waals surface area (Å²) in [6.07, 6.45) is 0. The molecule has 0 aliphatic rings. The molecule has 0 aliphatic carbocycles. The first-order valence-corrected chi connectivity index (χ1v) is 11.1. The van der Waals surface area contributed by atoms with E-state index in [2.05, 4.69) is 15.4 Å². The summed E-state index contributed by atoms with van der Waals surface area (Å²) in [4.78, 5) is 27.6. The molecule has 2 N–H and O–H groups in total. The Morgan fingerprint density at radius 2 is 1.58 bits per heavy atom. The molecule has 0 bridgehead atoms. The third-order valence-corrected chi connectivity index (χ3v) is 6.11. The molecule has 0 unspecified atom stereocenters. The Morgan fingerprint density at radius 3 is 2.29 bits per heavy atom. The molecule has 4 rings (SSSR count). The maximum absolute atomic E-state index is 12.8. The third kappa shape index (κ3) is 3.92. The van der Waals surface area contributed by atoms with Crippen LogP contribution in [0.15, 0.2) is 76.4 Å². The highest BCUT2D eigenvalue weighted by Gasteiger charge is 2.20. The van der Waals surface area contributed by atoms with Crippen LogP contribution in [0, 0.1) is 0 Å². The first kappa shape index (κ1) is 20.7. The number of hydrogen-bond acceptors (Lipinski definition) is 5. The fraction of sp³-hybridized carbons (Fsp3) is 0.136. The summed E-state index contributed by atoms with van der Waals surface area (Å²) in [5.41, 5.74) is 1.84. The zero-order valence-electron chi connectivity index (χ0n) is 16.9. The number of rotatable bonds is 5. The molecular formula is C22H20N4O4S. The number of carbonyl (C=O) groups excluding carboxylic acids is 1. The van der Waals surface area contributed by atoms with Crippen LogP contribution in [0.4, 0.5) is 0 Å². The van der Waals surface area contributed by atoms with Crippen LogP contribution in [0.25, 0.3) is 21.5 Å². The standard InChI is InChI=1S/C22H20N4O4S/c1-14(2)26-22(28)19-10-6-5-9-18(19)20(24-26)21(27)23-25-31(29,30)17-12-11-15-7-3-4-8-16(15)13-17/h3-14,25H,1-2H3,(H,23,27). The summed E-state index contributed by atoms with van der Waals surface area (Å²) in [5.74, 6) is -0.769. The van der Waals surface area contributed by atoms with Gasteiger partial charge in [-0.05, 0) is 42.8 Å². The zero-order valence-corrected chi connectivity index (χ0v) is 17.7. The average molecular weight is 436 g/mol. The molecule has 1 heterocycles. The van der Waals surface area contributed by atoms with Gasteiger partial charge < -0.3 is 0 Å². The summed E-state index contributed by atoms with van der Waals surface area (Å²) < 4.78 is 26.6. The monoisotopic (exact) mass is 436 g/mol. The van der Waals surface area contributed by atoms with E-state index in [-0.39, 0.29) is 22.2 Å². The van der Waals surface area contributed by atoms with E-state index in [1.807, 2.05) is 18.2 Å². The summed E-state index contributed by atoms with van der Waals surface area (Å²) >= 11 is 0. The van der Waals surface area contributed by atoms with E-state index in [1.165, 1.54) is 16.8 Å². The van der Waals surface area contributed by atoms with Gasteiger partial charge in [-0.3, -0.25) is 15.0 Å². The van der Waals surface area contributed by atoms with Gasteiger partial charge in [0.05, 0.1) is 16.3 Å². The van der Waals surface area contributed by atoms with Crippen molar-refractivity contribution in [2.75, 3.05) is 0 Å². The number of fused-ring (bicyclic) bond motifs is 2. The number of amides is 1. The van der Waals surface area contributed by atoms with Crippen LogP contribution >= 0.6 is 0 Å². The number of carbonyl (C=O) groups is 1. The van der Waals surface area contributed by atoms with Gasteiger partial charge in [0.15, 0.2) is 5.69 Å². The Balaban J connectivity index is 1.66. The van der Waals surface area contributed by atoms with Crippen molar-refractivity contribution in [1.29, 1.82) is 0 Å². The van der Waals surface area contributed by atoms with Gasteiger partial charge in [-0.15, -0.1) is 4.83 Å². The molecule has 0 fully saturated rings. The number of nitrogens with zero attached hydrogens (tertiary/aromatic N) is 2. The Kier molecular flexibility index (Phi) is 5.30. The van der Waals surface area contributed by atoms with Crippen molar-refractivity contribution in [3.05, 3.63) is 82.8 Å². The van der Waals surface area contributed by atoms with Crippen LogP contribution < -0.4 is 15.8 Å². The van der Waals surface area contributed by atoms with E-state index in [0.717, 1.165) is 10.8 Å². The number of aromatic nitrogens is 2. The number of hydrazine groups is 1. The molecule has 1 aromatic heterocycles. The number of sulfonamides is 1. The maximum atomic E-state index is 12.8. The molecule has 0 atom stereocenters. The average Bonchev–Trinajstić information content (AvgIpc) is 2.77. The number of nitrogens with one attached hydrogen (secondary N) is 2. The molecule has 0 saturated heterocycles. The third-order valence-electron chi connectivity index (χ3n) is 4.86. The molecule has 0 radical (unpaired) electrons. The van der Waals surface area contributed by atoms with Crippen molar-refractivity contribution < 1.29 is 13.2 Å². The van der Waals surface area contributed by atoms with Crippen LogP contribution in [-0.2, 0) is 10.0 Å². The smallest absolute Gasteiger partial charge is 0.272 e. The second-order valence-corrected chi connectivity index (χ2v) is 8.99. The summed E-state index contributed by atoms with van der Waals surface area (Å²) in [5, 5.41) is 6.50. The minimum Gasteiger partial charge on any atom is -0.272 e. The van der Waals surface area contributed by atoms with Crippen molar-refractivity contribution in [3.63, 3.8) is 0 Å². The lowest BCUT2D eigenvalue weighted by molar-refractivity contribution is 0.0939. The molecule has 9 heteroatoms. The lowest BCUT2D eigenvalue weighted by Gasteiger charge is -2.14. The van der Waals surface area contributed by atoms with Gasteiger partial charge in [0, 0.05) is 5.39 Å². The topological polar surface area (TPSA) is 110 Å². The van der Waals surface area contributed by atoms with Crippen molar-refractivity contribution >= 4 is 37.5 Å². The second kappa shape index (κ2) is 7.93. The molecule has 0 aliphatic heterocycles. The van der Waals surface area contributed by atoms with E-state index < -0.39 is 15.9 Å². The molecule has 3 aromatic carbocycles. The summed E-state index contributed by atoms with van der Waals surface area (Å²) in [6.45, 7) is 3.54. The highest BCUT2D eigenvalue weighted by Crippen LogP contribution is 2.19. The van der Waals surface area contributed by atoms with E-state index in [1.54, 1.807) is 50.2 Å². The largest absolute Gasteiger partial charge is 0.287 e. The van der Waals surface area contributed by atoms with Crippen molar-refractivity contribution in [2.24, 2.45) is 0 Å². The van der Waals surface area contributed by atoms with E-state index in [9.17, 15) is 18.0 Å². The van der Waals surface area contributed by atoms with Crippen LogP contribution in [0.1, 0.15) is 30.4 Å². The van der Waals surface area contributed by atoms with Crippen LogP contribution in [0.5, 0.6) is 0 Å². The van der Waals surface area contributed by atoms with Gasteiger partial charge in [-0.1, -0.05) is 48.5 Å². The number of hydrogen-bond donors (Lipinski definition) is 2. The molecule has 31 heavy (non-hydrogen) atoms. The maximum Gasteiger partial charge on any atom is 0.287 e. The summed E-state index contributed by atoms with van der Waals surface area (Å²) in [7, 11) is -4.02. The van der Waals surface area contributed by atoms with Gasteiger partial charge in [0.2, 0.25) is 0 Å². The fourth-order valence-corrected chi connectivity index (χ4v) is 4.16. The quantitative estimate of drug-likeness (QED) is 0.468. The van der Waals surface area contributed by atoms with Crippen LogP contribution in [0.2, 0.25) is 0 Å². The Labute approximate surface area is 178 Å². The van der Waals surface area contributed by atoms with E-state index in [4.69, 9.17) is 0 Å². The predicted molar refractivity (Wildman–Crippen MR) is 118 cm³/mol. The first-order chi connectivity index (χ1) is 14.8. The normalized spacial score (nSPS) is 11.8. The van der Waals surface area contributed by atoms with Gasteiger partial charge in [-0.25, -0.2) is 13.1 Å². The SMILES string of the molecule is CC(C)n1nc(C(=O)NNS(=O)(=O)c2ccc3ccccc3c2)c2ccccc2c1=O. The molecular weight excluding hydrogens is 416 g/mol. The molecule has 1 amide bonds. The van der Waals surface area contributed by atoms with Gasteiger partial charge in [-0.2, -0.15) is 5.10 Å². The van der Waals surface area contributed by atoms with Crippen LogP contribution in [0.3, 0.4) is 0 Å². The van der Waals surface area contributed by atoms with Gasteiger partial charge in [0.25, 0.3) is 21.5 Å². The second-order valence-electron chi connectivity index (χ2n) is 7.31. The van der Waals surface area contributed by atoms with Crippen molar-refractivity contribution in [1.82, 2.24) is 20.0 Å². The molecule has 8 nitrogen and oxygen atoms in total. The highest BCUT2D eigenvalue weighted by molar-refractivity contribution is 7.89. The van der Waals surface area contributed by atoms with E-state index >= 15 is 0 Å². The minimum atomic E-state index is -4.02. The molecule has 158 valence electrons. The first-order valence-electron chi connectivity index (χ1n) is 9.60. The number of benzene rings is 3. The van der Waals surface area contributed by atoms with Crippen molar-refractivity contribution in [2.45, 2.75) is 24.8 Å². The van der Waals surface area contributed by atoms with Crippen molar-refractivity contribution in [3.8, 4) is 0 Å². The summed E-state index contributed by atoms with van der Waals surface area (Å²) in [6, 6.07) is 18.3. The zero-order chi connectivity index (χ0) is 22.2. The Bertz CT molecular complexity index is 1480. The molecule has 0 saturated carbocycles. The van der Waals surface area contributed by atoms with Crippen LogP contribution in [-0.4, -0.2) is 24.1 Å². The molecule has 4 aromatic rings. The highest BCUT2D eigenvalue weighted by atomic mass is 32.2.